The van der Waals surface area contributed by atoms with Gasteiger partial charge in [0.25, 0.3) is 0 Å². The first kappa shape index (κ1) is 25.4. The summed E-state index contributed by atoms with van der Waals surface area (Å²) < 4.78 is 0. The largest absolute Gasteiger partial charge is 0.480 e. The van der Waals surface area contributed by atoms with Crippen molar-refractivity contribution >= 4 is 28.7 Å². The molecule has 9 heteroatoms. The highest BCUT2D eigenvalue weighted by Crippen LogP contribution is 2.19. The van der Waals surface area contributed by atoms with Gasteiger partial charge in [0.1, 0.15) is 12.1 Å². The molecule has 0 radical (unpaired) electrons. The summed E-state index contributed by atoms with van der Waals surface area (Å²) in [6.07, 6.45) is 4.45. The summed E-state index contributed by atoms with van der Waals surface area (Å²) in [5, 5.41) is 16.0. The van der Waals surface area contributed by atoms with Crippen molar-refractivity contribution in [3.63, 3.8) is 0 Å². The molecule has 0 saturated heterocycles. The summed E-state index contributed by atoms with van der Waals surface area (Å²) in [6.45, 7) is 4.26. The Morgan fingerprint density at radius 2 is 1.84 bits per heavy atom. The topological polar surface area (TPSA) is 163 Å². The number of fused-ring (bicyclic) bond motifs is 1. The molecule has 0 bridgehead atoms. The van der Waals surface area contributed by atoms with Crippen LogP contribution in [0.5, 0.6) is 0 Å². The van der Waals surface area contributed by atoms with Crippen LogP contribution in [0.25, 0.3) is 10.9 Å². The van der Waals surface area contributed by atoms with E-state index in [4.69, 9.17) is 11.5 Å². The monoisotopic (exact) mass is 445 g/mol. The van der Waals surface area contributed by atoms with E-state index in [-0.39, 0.29) is 12.3 Å². The lowest BCUT2D eigenvalue weighted by molar-refractivity contribution is -0.142. The van der Waals surface area contributed by atoms with E-state index in [2.05, 4.69) is 15.6 Å². The predicted molar refractivity (Wildman–Crippen MR) is 124 cm³/mol. The molecule has 9 nitrogen and oxygen atoms in total. The number of carboxylic acids is 1. The van der Waals surface area contributed by atoms with Crippen LogP contribution in [-0.4, -0.2) is 52.5 Å². The molecule has 8 N–H and O–H groups in total. The van der Waals surface area contributed by atoms with Gasteiger partial charge in [-0.2, -0.15) is 0 Å². The summed E-state index contributed by atoms with van der Waals surface area (Å²) in [5.41, 5.74) is 13.1. The van der Waals surface area contributed by atoms with Crippen molar-refractivity contribution in [2.24, 2.45) is 17.4 Å². The average Bonchev–Trinajstić information content (AvgIpc) is 3.19. The number of aromatic nitrogens is 1. The van der Waals surface area contributed by atoms with Gasteiger partial charge in [-0.1, -0.05) is 44.9 Å². The highest BCUT2D eigenvalue weighted by Gasteiger charge is 2.31. The number of nitrogens with one attached hydrogen (secondary N) is 3. The maximum absolute atomic E-state index is 13.0. The first-order chi connectivity index (χ1) is 15.3. The van der Waals surface area contributed by atoms with Gasteiger partial charge in [0, 0.05) is 23.5 Å². The zero-order chi connectivity index (χ0) is 23.7. The molecule has 4 unspecified atom stereocenters. The Morgan fingerprint density at radius 3 is 2.50 bits per heavy atom. The Balaban J connectivity index is 2.10. The third-order valence-corrected chi connectivity index (χ3v) is 5.81. The molecule has 0 aliphatic carbocycles. The van der Waals surface area contributed by atoms with Crippen LogP contribution in [0.3, 0.4) is 0 Å². The zero-order valence-corrected chi connectivity index (χ0v) is 18.8. The quantitative estimate of drug-likeness (QED) is 0.254. The normalized spacial score (nSPS) is 15.0. The van der Waals surface area contributed by atoms with Gasteiger partial charge in [0.05, 0.1) is 6.04 Å². The molecular weight excluding hydrogens is 410 g/mol. The van der Waals surface area contributed by atoms with Gasteiger partial charge >= 0.3 is 5.97 Å². The number of aliphatic carboxylic acids is 1. The standard InChI is InChI=1S/C23H35N5O4/c1-3-14(2)20(28-21(29)17(25)9-6-7-11-24)22(30)27-19(23(31)32)12-15-13-26-18-10-5-4-8-16(15)18/h4-5,8,10,13-14,17,19-20,26H,3,6-7,9,11-12,24-25H2,1-2H3,(H,27,30)(H,28,29)(H,31,32). The van der Waals surface area contributed by atoms with E-state index in [9.17, 15) is 19.5 Å². The van der Waals surface area contributed by atoms with Crippen molar-refractivity contribution in [2.45, 2.75) is 64.1 Å². The molecule has 2 rings (SSSR count). The molecule has 32 heavy (non-hydrogen) atoms. The van der Waals surface area contributed by atoms with Gasteiger partial charge in [-0.25, -0.2) is 4.79 Å². The molecule has 0 fully saturated rings. The second-order valence-electron chi connectivity index (χ2n) is 8.23. The SMILES string of the molecule is CCC(C)C(NC(=O)C(N)CCCCN)C(=O)NC(Cc1c[nH]c2ccccc12)C(=O)O. The Bertz CT molecular complexity index is 913. The minimum absolute atomic E-state index is 0.116. The number of carbonyl (C=O) groups is 3. The van der Waals surface area contributed by atoms with Crippen molar-refractivity contribution in [3.8, 4) is 0 Å². The molecule has 2 amide bonds. The minimum Gasteiger partial charge on any atom is -0.480 e. The third kappa shape index (κ3) is 6.80. The van der Waals surface area contributed by atoms with Crippen molar-refractivity contribution in [1.29, 1.82) is 0 Å². The van der Waals surface area contributed by atoms with Crippen molar-refractivity contribution < 1.29 is 19.5 Å². The Labute approximate surface area is 188 Å². The number of carbonyl (C=O) groups excluding carboxylic acids is 2. The Hall–Kier alpha value is -2.91. The highest BCUT2D eigenvalue weighted by molar-refractivity contribution is 5.92. The number of hydrogen-bond acceptors (Lipinski definition) is 5. The van der Waals surface area contributed by atoms with E-state index in [0.29, 0.717) is 19.4 Å². The first-order valence-electron chi connectivity index (χ1n) is 11.1. The summed E-state index contributed by atoms with van der Waals surface area (Å²) in [6, 6.07) is 4.80. The van der Waals surface area contributed by atoms with Gasteiger partial charge in [0.2, 0.25) is 11.8 Å². The lowest BCUT2D eigenvalue weighted by Gasteiger charge is -2.26. The Morgan fingerprint density at radius 1 is 1.12 bits per heavy atom. The fourth-order valence-corrected chi connectivity index (χ4v) is 3.58. The number of amides is 2. The number of para-hydroxylation sites is 1. The van der Waals surface area contributed by atoms with Crippen molar-refractivity contribution in [1.82, 2.24) is 15.6 Å². The van der Waals surface area contributed by atoms with Crippen LogP contribution in [0, 0.1) is 5.92 Å². The van der Waals surface area contributed by atoms with Gasteiger partial charge in [-0.3, -0.25) is 9.59 Å². The van der Waals surface area contributed by atoms with Gasteiger partial charge in [-0.15, -0.1) is 0 Å². The van der Waals surface area contributed by atoms with E-state index in [1.165, 1.54) is 0 Å². The van der Waals surface area contributed by atoms with Gasteiger partial charge in [0.15, 0.2) is 0 Å². The molecule has 1 aromatic carbocycles. The van der Waals surface area contributed by atoms with E-state index >= 15 is 0 Å². The molecule has 1 aromatic heterocycles. The van der Waals surface area contributed by atoms with E-state index < -0.39 is 35.9 Å². The fraction of sp³-hybridized carbons (Fsp3) is 0.522. The number of aromatic amines is 1. The predicted octanol–water partition coefficient (Wildman–Crippen LogP) is 1.27. The van der Waals surface area contributed by atoms with Crippen LogP contribution in [-0.2, 0) is 20.8 Å². The van der Waals surface area contributed by atoms with Gasteiger partial charge < -0.3 is 32.2 Å². The van der Waals surface area contributed by atoms with Crippen LogP contribution < -0.4 is 22.1 Å². The lowest BCUT2D eigenvalue weighted by atomic mass is 9.96. The molecule has 4 atom stereocenters. The second kappa shape index (κ2) is 12.2. The number of nitrogens with two attached hydrogens (primary N) is 2. The van der Waals surface area contributed by atoms with E-state index in [0.717, 1.165) is 29.3 Å². The van der Waals surface area contributed by atoms with Crippen molar-refractivity contribution in [3.05, 3.63) is 36.0 Å². The number of unbranched alkanes of at least 4 members (excludes halogenated alkanes) is 1. The minimum atomic E-state index is -1.14. The number of hydrogen-bond donors (Lipinski definition) is 6. The fourth-order valence-electron chi connectivity index (χ4n) is 3.58. The lowest BCUT2D eigenvalue weighted by Crippen LogP contribution is -2.57. The molecular formula is C23H35N5O4. The van der Waals surface area contributed by atoms with Crippen LogP contribution in [0.15, 0.2) is 30.5 Å². The zero-order valence-electron chi connectivity index (χ0n) is 18.8. The van der Waals surface area contributed by atoms with Crippen LogP contribution in [0.1, 0.15) is 45.1 Å². The number of benzene rings is 1. The maximum atomic E-state index is 13.0. The number of carboxylic acid groups (broad SMARTS) is 1. The second-order valence-corrected chi connectivity index (χ2v) is 8.23. The molecule has 1 heterocycles. The molecule has 0 aliphatic heterocycles. The van der Waals surface area contributed by atoms with Crippen LogP contribution in [0.2, 0.25) is 0 Å². The molecule has 176 valence electrons. The smallest absolute Gasteiger partial charge is 0.326 e. The Kier molecular flexibility index (Phi) is 9.67. The van der Waals surface area contributed by atoms with Crippen molar-refractivity contribution in [2.75, 3.05) is 6.54 Å². The molecule has 2 aromatic rings. The van der Waals surface area contributed by atoms with E-state index in [1.54, 1.807) is 6.20 Å². The number of H-pyrrole nitrogens is 1. The molecule has 0 spiro atoms. The molecule has 0 saturated carbocycles. The summed E-state index contributed by atoms with van der Waals surface area (Å²) in [4.78, 5) is 40.5. The molecule has 0 aliphatic rings. The van der Waals surface area contributed by atoms with E-state index in [1.807, 2.05) is 38.1 Å². The van der Waals surface area contributed by atoms with Gasteiger partial charge in [-0.05, 0) is 36.9 Å². The summed E-state index contributed by atoms with van der Waals surface area (Å²) in [5.74, 6) is -2.30. The summed E-state index contributed by atoms with van der Waals surface area (Å²) >= 11 is 0. The third-order valence-electron chi connectivity index (χ3n) is 5.81. The maximum Gasteiger partial charge on any atom is 0.326 e. The highest BCUT2D eigenvalue weighted by atomic mass is 16.4. The number of rotatable bonds is 13. The van der Waals surface area contributed by atoms with Crippen LogP contribution >= 0.6 is 0 Å². The van der Waals surface area contributed by atoms with Crippen LogP contribution in [0.4, 0.5) is 0 Å². The summed E-state index contributed by atoms with van der Waals surface area (Å²) in [7, 11) is 0. The average molecular weight is 446 g/mol. The first-order valence-corrected chi connectivity index (χ1v) is 11.1.